The molecule has 134 valence electrons. The molecule has 0 bridgehead atoms. The lowest BCUT2D eigenvalue weighted by Gasteiger charge is -2.40. The number of carbonyl (C=O) groups excluding carboxylic acids is 2. The molecule has 1 atom stereocenters. The quantitative estimate of drug-likeness (QED) is 0.727. The summed E-state index contributed by atoms with van der Waals surface area (Å²) >= 11 is 0. The van der Waals surface area contributed by atoms with E-state index in [1.807, 2.05) is 27.7 Å². The molecule has 1 aliphatic rings. The first-order valence-electron chi connectivity index (χ1n) is 7.93. The van der Waals surface area contributed by atoms with Gasteiger partial charge in [-0.3, -0.25) is 9.69 Å². The van der Waals surface area contributed by atoms with Gasteiger partial charge in [0.15, 0.2) is 0 Å². The molecule has 0 aromatic heterocycles. The van der Waals surface area contributed by atoms with Gasteiger partial charge in [-0.05, 0) is 62.3 Å². The second-order valence-electron chi connectivity index (χ2n) is 8.87. The number of rotatable bonds is 2. The lowest BCUT2D eigenvalue weighted by atomic mass is 9.97. The van der Waals surface area contributed by atoms with Crippen LogP contribution < -0.4 is 0 Å². The van der Waals surface area contributed by atoms with E-state index in [0.717, 1.165) is 0 Å². The average molecular weight is 329 g/mol. The molecule has 0 spiro atoms. The molecule has 0 aliphatic carbocycles. The topological polar surface area (TPSA) is 65.1 Å². The molecule has 1 heterocycles. The molecule has 1 saturated heterocycles. The third-order valence-electron chi connectivity index (χ3n) is 3.52. The van der Waals surface area contributed by atoms with E-state index in [9.17, 15) is 9.59 Å². The van der Waals surface area contributed by atoms with Crippen LogP contribution >= 0.6 is 0 Å². The zero-order chi connectivity index (χ0) is 18.3. The Hall–Kier alpha value is -1.30. The molecular formula is C17H31NO5. The first kappa shape index (κ1) is 19.7. The summed E-state index contributed by atoms with van der Waals surface area (Å²) in [5.74, 6) is -0.312. The Morgan fingerprint density at radius 2 is 1.61 bits per heavy atom. The SMILES string of the molecule is CC(C)(C)OC(=O)N1C(C)(C)OC[C@@]1(C)COC(=O)C(C)(C)C. The van der Waals surface area contributed by atoms with Gasteiger partial charge in [-0.2, -0.15) is 0 Å². The highest BCUT2D eigenvalue weighted by Crippen LogP contribution is 2.36. The normalized spacial score (nSPS) is 24.5. The number of carbonyl (C=O) groups is 2. The number of esters is 1. The molecule has 0 aromatic carbocycles. The summed E-state index contributed by atoms with van der Waals surface area (Å²) in [7, 11) is 0. The van der Waals surface area contributed by atoms with Gasteiger partial charge in [0, 0.05) is 0 Å². The van der Waals surface area contributed by atoms with Crippen molar-refractivity contribution in [2.75, 3.05) is 13.2 Å². The first-order valence-corrected chi connectivity index (χ1v) is 7.93. The summed E-state index contributed by atoms with van der Waals surface area (Å²) < 4.78 is 16.7. The maximum absolute atomic E-state index is 12.6. The van der Waals surface area contributed by atoms with E-state index in [-0.39, 0.29) is 19.2 Å². The lowest BCUT2D eigenvalue weighted by molar-refractivity contribution is -0.157. The van der Waals surface area contributed by atoms with Crippen LogP contribution in [0.1, 0.15) is 62.3 Å². The van der Waals surface area contributed by atoms with Crippen molar-refractivity contribution in [1.29, 1.82) is 0 Å². The summed E-state index contributed by atoms with van der Waals surface area (Å²) in [4.78, 5) is 26.2. The maximum atomic E-state index is 12.6. The summed E-state index contributed by atoms with van der Waals surface area (Å²) in [5.41, 5.74) is -2.81. The van der Waals surface area contributed by atoms with E-state index in [1.54, 1.807) is 34.6 Å². The molecule has 1 aliphatic heterocycles. The van der Waals surface area contributed by atoms with Crippen molar-refractivity contribution in [3.8, 4) is 0 Å². The highest BCUT2D eigenvalue weighted by atomic mass is 16.6. The molecule has 23 heavy (non-hydrogen) atoms. The summed E-state index contributed by atoms with van der Waals surface area (Å²) in [6, 6.07) is 0. The van der Waals surface area contributed by atoms with Gasteiger partial charge in [-0.15, -0.1) is 0 Å². The molecule has 0 aromatic rings. The fourth-order valence-electron chi connectivity index (χ4n) is 2.40. The summed E-state index contributed by atoms with van der Waals surface area (Å²) in [5, 5.41) is 0. The second-order valence-corrected chi connectivity index (χ2v) is 8.87. The van der Waals surface area contributed by atoms with Crippen molar-refractivity contribution in [1.82, 2.24) is 4.90 Å². The van der Waals surface area contributed by atoms with E-state index in [2.05, 4.69) is 0 Å². The minimum Gasteiger partial charge on any atom is -0.463 e. The maximum Gasteiger partial charge on any atom is 0.413 e. The Morgan fingerprint density at radius 3 is 2.04 bits per heavy atom. The fourth-order valence-corrected chi connectivity index (χ4v) is 2.40. The van der Waals surface area contributed by atoms with Gasteiger partial charge < -0.3 is 14.2 Å². The van der Waals surface area contributed by atoms with Crippen LogP contribution in [0.4, 0.5) is 4.79 Å². The number of hydrogen-bond donors (Lipinski definition) is 0. The minimum atomic E-state index is -0.828. The van der Waals surface area contributed by atoms with Gasteiger partial charge in [-0.25, -0.2) is 4.79 Å². The average Bonchev–Trinajstić information content (AvgIpc) is 2.54. The smallest absolute Gasteiger partial charge is 0.413 e. The minimum absolute atomic E-state index is 0.0613. The van der Waals surface area contributed by atoms with Crippen LogP contribution in [0.15, 0.2) is 0 Å². The largest absolute Gasteiger partial charge is 0.463 e. The Kier molecular flexibility index (Phi) is 5.12. The van der Waals surface area contributed by atoms with Crippen molar-refractivity contribution in [3.05, 3.63) is 0 Å². The van der Waals surface area contributed by atoms with E-state index < -0.39 is 28.4 Å². The van der Waals surface area contributed by atoms with Gasteiger partial charge >= 0.3 is 12.1 Å². The van der Waals surface area contributed by atoms with Crippen molar-refractivity contribution in [2.45, 2.75) is 79.2 Å². The van der Waals surface area contributed by atoms with Crippen LogP contribution in [-0.4, -0.2) is 47.0 Å². The monoisotopic (exact) mass is 329 g/mol. The number of ether oxygens (including phenoxy) is 3. The van der Waals surface area contributed by atoms with Crippen molar-refractivity contribution >= 4 is 12.1 Å². The van der Waals surface area contributed by atoms with Crippen molar-refractivity contribution in [3.63, 3.8) is 0 Å². The Bertz CT molecular complexity index is 472. The van der Waals surface area contributed by atoms with Gasteiger partial charge in [-0.1, -0.05) is 0 Å². The van der Waals surface area contributed by atoms with Crippen LogP contribution in [0.25, 0.3) is 0 Å². The standard InChI is InChI=1S/C17H31NO5/c1-14(2,3)12(19)21-10-17(9)11-22-16(7,8)18(17)13(20)23-15(4,5)6/h10-11H2,1-9H3/t17-/m1/s1. The third-order valence-corrected chi connectivity index (χ3v) is 3.52. The van der Waals surface area contributed by atoms with Crippen LogP contribution in [0, 0.1) is 5.41 Å². The van der Waals surface area contributed by atoms with E-state index in [4.69, 9.17) is 14.2 Å². The molecule has 0 N–H and O–H groups in total. The van der Waals surface area contributed by atoms with E-state index >= 15 is 0 Å². The molecule has 0 unspecified atom stereocenters. The predicted octanol–water partition coefficient (Wildman–Crippen LogP) is 3.34. The van der Waals surface area contributed by atoms with Crippen LogP contribution in [-0.2, 0) is 19.0 Å². The molecule has 1 amide bonds. The van der Waals surface area contributed by atoms with Crippen molar-refractivity contribution < 1.29 is 23.8 Å². The number of amides is 1. The molecule has 6 nitrogen and oxygen atoms in total. The summed E-state index contributed by atoms with van der Waals surface area (Å²) in [6.45, 7) is 16.6. The van der Waals surface area contributed by atoms with Crippen LogP contribution in [0.5, 0.6) is 0 Å². The van der Waals surface area contributed by atoms with Gasteiger partial charge in [0.1, 0.15) is 23.5 Å². The van der Waals surface area contributed by atoms with Gasteiger partial charge in [0.2, 0.25) is 0 Å². The molecule has 1 rings (SSSR count). The third kappa shape index (κ3) is 4.83. The van der Waals surface area contributed by atoms with Crippen LogP contribution in [0.3, 0.4) is 0 Å². The Labute approximate surface area is 139 Å². The van der Waals surface area contributed by atoms with E-state index in [0.29, 0.717) is 0 Å². The second kappa shape index (κ2) is 5.96. The highest BCUT2D eigenvalue weighted by Gasteiger charge is 2.53. The molecule has 0 radical (unpaired) electrons. The lowest BCUT2D eigenvalue weighted by Crippen LogP contribution is -2.57. The molecule has 6 heteroatoms. The van der Waals surface area contributed by atoms with Gasteiger partial charge in [0.05, 0.1) is 12.0 Å². The Morgan fingerprint density at radius 1 is 1.09 bits per heavy atom. The number of hydrogen-bond acceptors (Lipinski definition) is 5. The Balaban J connectivity index is 2.94. The zero-order valence-electron chi connectivity index (χ0n) is 15.9. The number of nitrogens with zero attached hydrogens (tertiary/aromatic N) is 1. The molecular weight excluding hydrogens is 298 g/mol. The zero-order valence-corrected chi connectivity index (χ0v) is 15.9. The summed E-state index contributed by atoms with van der Waals surface area (Å²) in [6.07, 6.45) is -0.477. The fraction of sp³-hybridized carbons (Fsp3) is 0.882. The molecule has 0 saturated carbocycles. The van der Waals surface area contributed by atoms with Gasteiger partial charge in [0.25, 0.3) is 0 Å². The van der Waals surface area contributed by atoms with Crippen LogP contribution in [0.2, 0.25) is 0 Å². The first-order chi connectivity index (χ1) is 10.1. The molecule has 1 fully saturated rings. The predicted molar refractivity (Wildman–Crippen MR) is 86.9 cm³/mol. The van der Waals surface area contributed by atoms with E-state index in [1.165, 1.54) is 4.90 Å². The van der Waals surface area contributed by atoms with Crippen molar-refractivity contribution in [2.24, 2.45) is 5.41 Å². The highest BCUT2D eigenvalue weighted by molar-refractivity contribution is 5.75.